The van der Waals surface area contributed by atoms with Crippen LogP contribution in [0.5, 0.6) is 0 Å². The summed E-state index contributed by atoms with van der Waals surface area (Å²) in [5.74, 6) is -0.0751. The minimum Gasteiger partial charge on any atom is -0.326 e. The second-order valence-corrected chi connectivity index (χ2v) is 7.96. The number of benzene rings is 3. The minimum atomic E-state index is -0.111. The van der Waals surface area contributed by atoms with Gasteiger partial charge < -0.3 is 10.6 Å². The second kappa shape index (κ2) is 9.09. The van der Waals surface area contributed by atoms with E-state index >= 15 is 0 Å². The summed E-state index contributed by atoms with van der Waals surface area (Å²) in [5, 5.41) is 8.30. The largest absolute Gasteiger partial charge is 0.326 e. The number of amides is 2. The van der Waals surface area contributed by atoms with Crippen LogP contribution in [-0.4, -0.2) is 29.8 Å². The Bertz CT molecular complexity index is 1040. The third kappa shape index (κ3) is 4.86. The average molecular weight is 402 g/mol. The van der Waals surface area contributed by atoms with Gasteiger partial charge in [0.1, 0.15) is 0 Å². The van der Waals surface area contributed by atoms with Crippen molar-refractivity contribution in [3.8, 4) is 0 Å². The maximum atomic E-state index is 12.8. The molecule has 1 aliphatic rings. The van der Waals surface area contributed by atoms with Gasteiger partial charge in [-0.1, -0.05) is 42.5 Å². The summed E-state index contributed by atoms with van der Waals surface area (Å²) in [6, 6.07) is 22.1. The number of carbonyl (C=O) groups is 2. The van der Waals surface area contributed by atoms with Gasteiger partial charge in [0.2, 0.25) is 11.8 Å². The monoisotopic (exact) mass is 401 g/mol. The number of carbonyl (C=O) groups excluding carboxylic acids is 2. The number of piperidine rings is 1. The molecule has 1 heterocycles. The minimum absolute atomic E-state index is 0.0243. The lowest BCUT2D eigenvalue weighted by molar-refractivity contribution is -0.121. The molecule has 0 aliphatic carbocycles. The summed E-state index contributed by atoms with van der Waals surface area (Å²) in [6.07, 6.45) is 1.92. The van der Waals surface area contributed by atoms with E-state index in [1.54, 1.807) is 12.1 Å². The fraction of sp³-hybridized carbons (Fsp3) is 0.280. The smallest absolute Gasteiger partial charge is 0.228 e. The summed E-state index contributed by atoms with van der Waals surface area (Å²) < 4.78 is 0. The van der Waals surface area contributed by atoms with Gasteiger partial charge in [-0.3, -0.25) is 14.5 Å². The first-order chi connectivity index (χ1) is 14.6. The Morgan fingerprint density at radius 1 is 0.933 bits per heavy atom. The van der Waals surface area contributed by atoms with E-state index < -0.39 is 0 Å². The van der Waals surface area contributed by atoms with Gasteiger partial charge in [-0.25, -0.2) is 0 Å². The zero-order chi connectivity index (χ0) is 20.9. The molecule has 0 spiro atoms. The molecule has 0 saturated carbocycles. The Morgan fingerprint density at radius 3 is 2.40 bits per heavy atom. The maximum Gasteiger partial charge on any atom is 0.228 e. The summed E-state index contributed by atoms with van der Waals surface area (Å²) in [5.41, 5.74) is 2.78. The highest BCUT2D eigenvalue weighted by molar-refractivity contribution is 5.93. The van der Waals surface area contributed by atoms with Gasteiger partial charge >= 0.3 is 0 Å². The molecule has 5 heteroatoms. The van der Waals surface area contributed by atoms with Crippen molar-refractivity contribution in [1.29, 1.82) is 0 Å². The van der Waals surface area contributed by atoms with E-state index in [4.69, 9.17) is 0 Å². The van der Waals surface area contributed by atoms with Crippen molar-refractivity contribution in [1.82, 2.24) is 4.90 Å². The molecule has 0 radical (unpaired) electrons. The van der Waals surface area contributed by atoms with Crippen molar-refractivity contribution in [2.75, 3.05) is 23.7 Å². The first kappa shape index (κ1) is 20.1. The summed E-state index contributed by atoms with van der Waals surface area (Å²) in [6.45, 7) is 4.11. The summed E-state index contributed by atoms with van der Waals surface area (Å²) >= 11 is 0. The lowest BCUT2D eigenvalue weighted by Crippen LogP contribution is -2.40. The molecule has 1 atom stereocenters. The standard InChI is InChI=1S/C25H27N3O2/c1-18(29)26-22-11-13-23(14-12-22)27-25(30)21-9-5-15-28(17-21)16-20-8-4-7-19-6-2-3-10-24(19)20/h2-4,6-8,10-14,21H,5,9,15-17H2,1H3,(H,26,29)(H,27,30). The number of fused-ring (bicyclic) bond motifs is 1. The molecule has 2 amide bonds. The van der Waals surface area contributed by atoms with Crippen molar-refractivity contribution in [2.45, 2.75) is 26.3 Å². The van der Waals surface area contributed by atoms with Crippen molar-refractivity contribution in [2.24, 2.45) is 5.92 Å². The predicted octanol–water partition coefficient (Wildman–Crippen LogP) is 4.65. The molecule has 0 bridgehead atoms. The van der Waals surface area contributed by atoms with Crippen LogP contribution < -0.4 is 10.6 Å². The molecule has 3 aromatic carbocycles. The van der Waals surface area contributed by atoms with Gasteiger partial charge in [-0.15, -0.1) is 0 Å². The molecule has 3 aromatic rings. The number of nitrogens with zero attached hydrogens (tertiary/aromatic N) is 1. The van der Waals surface area contributed by atoms with E-state index in [9.17, 15) is 9.59 Å². The number of nitrogens with one attached hydrogen (secondary N) is 2. The van der Waals surface area contributed by atoms with E-state index in [0.29, 0.717) is 0 Å². The lowest BCUT2D eigenvalue weighted by atomic mass is 9.96. The van der Waals surface area contributed by atoms with Gasteiger partial charge in [0.15, 0.2) is 0 Å². The Kier molecular flexibility index (Phi) is 6.10. The molecule has 30 heavy (non-hydrogen) atoms. The zero-order valence-electron chi connectivity index (χ0n) is 17.2. The Labute approximate surface area is 177 Å². The number of hydrogen-bond acceptors (Lipinski definition) is 3. The van der Waals surface area contributed by atoms with Crippen LogP contribution >= 0.6 is 0 Å². The number of hydrogen-bond donors (Lipinski definition) is 2. The van der Waals surface area contributed by atoms with Crippen LogP contribution in [0.4, 0.5) is 11.4 Å². The van der Waals surface area contributed by atoms with Gasteiger partial charge in [0, 0.05) is 31.4 Å². The number of likely N-dealkylation sites (tertiary alicyclic amines) is 1. The number of anilines is 2. The lowest BCUT2D eigenvalue weighted by Gasteiger charge is -2.32. The molecule has 1 aliphatic heterocycles. The molecular formula is C25H27N3O2. The third-order valence-electron chi connectivity index (χ3n) is 5.62. The van der Waals surface area contributed by atoms with Gasteiger partial charge in [-0.2, -0.15) is 0 Å². The maximum absolute atomic E-state index is 12.8. The topological polar surface area (TPSA) is 61.4 Å². The van der Waals surface area contributed by atoms with Crippen molar-refractivity contribution >= 4 is 34.0 Å². The molecular weight excluding hydrogens is 374 g/mol. The summed E-state index contributed by atoms with van der Waals surface area (Å²) in [4.78, 5) is 26.3. The highest BCUT2D eigenvalue weighted by atomic mass is 16.2. The molecule has 0 aromatic heterocycles. The van der Waals surface area contributed by atoms with Crippen LogP contribution in [0.15, 0.2) is 66.7 Å². The van der Waals surface area contributed by atoms with E-state index in [0.717, 1.165) is 43.9 Å². The van der Waals surface area contributed by atoms with Crippen LogP contribution in [0.2, 0.25) is 0 Å². The van der Waals surface area contributed by atoms with Crippen LogP contribution in [-0.2, 0) is 16.1 Å². The fourth-order valence-corrected chi connectivity index (χ4v) is 4.17. The highest BCUT2D eigenvalue weighted by Crippen LogP contribution is 2.24. The van der Waals surface area contributed by atoms with Gasteiger partial charge in [-0.05, 0) is 60.0 Å². The Hall–Kier alpha value is -3.18. The first-order valence-corrected chi connectivity index (χ1v) is 10.5. The van der Waals surface area contributed by atoms with Crippen molar-refractivity contribution in [3.63, 3.8) is 0 Å². The van der Waals surface area contributed by atoms with Crippen LogP contribution in [0.3, 0.4) is 0 Å². The predicted molar refractivity (Wildman–Crippen MR) is 121 cm³/mol. The fourth-order valence-electron chi connectivity index (χ4n) is 4.17. The Morgan fingerprint density at radius 2 is 1.63 bits per heavy atom. The molecule has 154 valence electrons. The first-order valence-electron chi connectivity index (χ1n) is 10.5. The van der Waals surface area contributed by atoms with Gasteiger partial charge in [0.25, 0.3) is 0 Å². The summed E-state index contributed by atoms with van der Waals surface area (Å²) in [7, 11) is 0. The van der Waals surface area contributed by atoms with Gasteiger partial charge in [0.05, 0.1) is 5.92 Å². The van der Waals surface area contributed by atoms with Crippen LogP contribution in [0.1, 0.15) is 25.3 Å². The molecule has 5 nitrogen and oxygen atoms in total. The SMILES string of the molecule is CC(=O)Nc1ccc(NC(=O)C2CCCN(Cc3cccc4ccccc34)C2)cc1. The van der Waals surface area contributed by atoms with E-state index in [2.05, 4.69) is 58.0 Å². The van der Waals surface area contributed by atoms with Crippen LogP contribution in [0.25, 0.3) is 10.8 Å². The molecule has 1 unspecified atom stereocenters. The molecule has 1 saturated heterocycles. The Balaban J connectivity index is 1.38. The zero-order valence-corrected chi connectivity index (χ0v) is 17.2. The molecule has 1 fully saturated rings. The highest BCUT2D eigenvalue weighted by Gasteiger charge is 2.26. The quantitative estimate of drug-likeness (QED) is 0.654. The van der Waals surface area contributed by atoms with E-state index in [1.165, 1.54) is 23.3 Å². The average Bonchev–Trinajstić information content (AvgIpc) is 2.75. The van der Waals surface area contributed by atoms with Crippen molar-refractivity contribution < 1.29 is 9.59 Å². The van der Waals surface area contributed by atoms with Crippen LogP contribution in [0, 0.1) is 5.92 Å². The third-order valence-corrected chi connectivity index (χ3v) is 5.62. The van der Waals surface area contributed by atoms with Crippen molar-refractivity contribution in [3.05, 3.63) is 72.3 Å². The second-order valence-electron chi connectivity index (χ2n) is 7.96. The van der Waals surface area contributed by atoms with E-state index in [-0.39, 0.29) is 17.7 Å². The molecule has 2 N–H and O–H groups in total. The number of rotatable bonds is 5. The van der Waals surface area contributed by atoms with E-state index in [1.807, 2.05) is 12.1 Å². The normalized spacial score (nSPS) is 16.9. The molecule has 4 rings (SSSR count).